The van der Waals surface area contributed by atoms with Gasteiger partial charge in [0.25, 0.3) is 0 Å². The lowest BCUT2D eigenvalue weighted by Crippen LogP contribution is -2.26. The molecule has 0 rings (SSSR count). The van der Waals surface area contributed by atoms with Gasteiger partial charge in [0.15, 0.2) is 0 Å². The molecule has 238 valence electrons. The summed E-state index contributed by atoms with van der Waals surface area (Å²) in [6.07, 6.45) is 33.6. The SMILES string of the molecule is CCCCCCCCCCCCCC[13CH2][13C](=O)OC[13CH](CCl)O[13C](=O)[13CH2]CCCCCCCCCCCCCC. The quantitative estimate of drug-likeness (QED) is 0.0338. The molecular weight excluding hydrogens is 525 g/mol. The lowest BCUT2D eigenvalue weighted by atomic mass is 10.1. The monoisotopic (exact) mass is 591 g/mol. The minimum Gasteiger partial charge on any atom is -0.462 e. The van der Waals surface area contributed by atoms with Crippen LogP contribution in [0.3, 0.4) is 0 Å². The highest BCUT2D eigenvalue weighted by Gasteiger charge is 2.16. The molecule has 0 fully saturated rings. The van der Waals surface area contributed by atoms with Crippen LogP contribution in [0, 0.1) is 0 Å². The van der Waals surface area contributed by atoms with Gasteiger partial charge in [0.2, 0.25) is 0 Å². The van der Waals surface area contributed by atoms with Crippen molar-refractivity contribution in [3.63, 3.8) is 0 Å². The predicted molar refractivity (Wildman–Crippen MR) is 172 cm³/mol. The predicted octanol–water partition coefficient (Wildman–Crippen LogP) is 11.6. The van der Waals surface area contributed by atoms with Crippen molar-refractivity contribution in [2.24, 2.45) is 0 Å². The van der Waals surface area contributed by atoms with Gasteiger partial charge in [0.1, 0.15) is 12.7 Å². The molecule has 0 saturated heterocycles. The summed E-state index contributed by atoms with van der Waals surface area (Å²) >= 11 is 5.95. The maximum atomic E-state index is 12.1. The fraction of sp³-hybridized carbons (Fsp3) is 0.943. The first-order chi connectivity index (χ1) is 19.6. The molecule has 0 amide bonds. The molecule has 0 aromatic heterocycles. The molecular formula is C35H67ClO4. The van der Waals surface area contributed by atoms with Crippen LogP contribution in [0.5, 0.6) is 0 Å². The summed E-state index contributed by atoms with van der Waals surface area (Å²) in [5.41, 5.74) is 0. The number of unbranched alkanes of at least 4 members (excludes halogenated alkanes) is 24. The highest BCUT2D eigenvalue weighted by Crippen LogP contribution is 2.15. The molecule has 0 aromatic rings. The number of alkyl halides is 1. The second-order valence-electron chi connectivity index (χ2n) is 11.9. The van der Waals surface area contributed by atoms with E-state index in [1.165, 1.54) is 141 Å². The van der Waals surface area contributed by atoms with Gasteiger partial charge in [-0.05, 0) is 12.8 Å². The fourth-order valence-electron chi connectivity index (χ4n) is 5.19. The number of esters is 2. The molecule has 0 aliphatic carbocycles. The van der Waals surface area contributed by atoms with Crippen LogP contribution in [0.4, 0.5) is 0 Å². The summed E-state index contributed by atoms with van der Waals surface area (Å²) in [6.45, 7) is 4.59. The van der Waals surface area contributed by atoms with Crippen molar-refractivity contribution in [1.29, 1.82) is 0 Å². The van der Waals surface area contributed by atoms with Gasteiger partial charge in [-0.2, -0.15) is 0 Å². The van der Waals surface area contributed by atoms with Crippen LogP contribution in [0.1, 0.15) is 194 Å². The first kappa shape index (κ1) is 39.2. The van der Waals surface area contributed by atoms with E-state index in [2.05, 4.69) is 13.8 Å². The van der Waals surface area contributed by atoms with Gasteiger partial charge >= 0.3 is 11.9 Å². The van der Waals surface area contributed by atoms with E-state index in [-0.39, 0.29) is 24.4 Å². The van der Waals surface area contributed by atoms with E-state index in [9.17, 15) is 9.59 Å². The van der Waals surface area contributed by atoms with Crippen molar-refractivity contribution >= 4 is 23.5 Å². The number of hydrogen-bond acceptors (Lipinski definition) is 4. The average molecular weight is 592 g/mol. The molecule has 0 radical (unpaired) electrons. The van der Waals surface area contributed by atoms with Crippen molar-refractivity contribution < 1.29 is 19.1 Å². The molecule has 4 nitrogen and oxygen atoms in total. The third-order valence-electron chi connectivity index (χ3n) is 7.87. The molecule has 0 aromatic carbocycles. The number of ether oxygens (including phenoxy) is 2. The van der Waals surface area contributed by atoms with Gasteiger partial charge in [0.05, 0.1) is 5.88 Å². The van der Waals surface area contributed by atoms with Crippen molar-refractivity contribution in [3.8, 4) is 0 Å². The summed E-state index contributed by atoms with van der Waals surface area (Å²) in [7, 11) is 0. The maximum Gasteiger partial charge on any atom is 0.306 e. The van der Waals surface area contributed by atoms with E-state index in [1.54, 1.807) is 0 Å². The Morgan fingerprint density at radius 3 is 1.10 bits per heavy atom. The van der Waals surface area contributed by atoms with Gasteiger partial charge in [-0.25, -0.2) is 0 Å². The lowest BCUT2D eigenvalue weighted by molar-refractivity contribution is -0.157. The van der Waals surface area contributed by atoms with Crippen LogP contribution in [-0.4, -0.2) is 30.5 Å². The number of rotatable bonds is 32. The Labute approximate surface area is 254 Å². The maximum absolute atomic E-state index is 12.1. The molecule has 0 spiro atoms. The zero-order valence-electron chi connectivity index (χ0n) is 26.8. The topological polar surface area (TPSA) is 52.6 Å². The average Bonchev–Trinajstić information content (AvgIpc) is 2.96. The standard InChI is InChI=1S/C35H67ClO4/c1-3-5-7-9-11-13-15-17-19-21-23-25-27-29-34(37)39-32-33(31-36)40-35(38)30-28-26-24-22-20-18-16-14-12-10-8-6-4-2/h33H,3-32H2,1-2H3/i29+1,30+1,33+1,34+1,35+1. The van der Waals surface area contributed by atoms with Gasteiger partial charge in [0, 0.05) is 12.8 Å². The smallest absolute Gasteiger partial charge is 0.306 e. The molecule has 5 heteroatoms. The summed E-state index contributed by atoms with van der Waals surface area (Å²) in [5, 5.41) is 0. The van der Waals surface area contributed by atoms with E-state index < -0.39 is 6.10 Å². The molecule has 40 heavy (non-hydrogen) atoms. The first-order valence-corrected chi connectivity index (χ1v) is 18.1. The summed E-state index contributed by atoms with van der Waals surface area (Å²) < 4.78 is 10.8. The molecule has 1 unspecified atom stereocenters. The fourth-order valence-corrected chi connectivity index (χ4v) is 5.34. The Balaban J connectivity index is 3.53. The Bertz CT molecular complexity index is 539. The van der Waals surface area contributed by atoms with E-state index in [0.717, 1.165) is 25.7 Å². The number of carbonyl (C=O) groups excluding carboxylic acids is 2. The third kappa shape index (κ3) is 30.2. The molecule has 0 N–H and O–H groups in total. The van der Waals surface area contributed by atoms with Crippen molar-refractivity contribution in [2.75, 3.05) is 12.5 Å². The number of carbonyl (C=O) groups is 2. The van der Waals surface area contributed by atoms with Crippen molar-refractivity contribution in [2.45, 2.75) is 200 Å². The lowest BCUT2D eigenvalue weighted by Gasteiger charge is -2.15. The Kier molecular flexibility index (Phi) is 32.1. The zero-order chi connectivity index (χ0) is 29.4. The van der Waals surface area contributed by atoms with Gasteiger partial charge in [-0.15, -0.1) is 11.6 Å². The molecule has 0 aliphatic rings. The van der Waals surface area contributed by atoms with E-state index in [0.29, 0.717) is 12.8 Å². The summed E-state index contributed by atoms with van der Waals surface area (Å²) in [4.78, 5) is 24.2. The molecule has 1 atom stereocenters. The number of hydrogen-bond donors (Lipinski definition) is 0. The summed E-state index contributed by atoms with van der Waals surface area (Å²) in [5.74, 6) is -0.303. The van der Waals surface area contributed by atoms with Crippen molar-refractivity contribution in [3.05, 3.63) is 0 Å². The van der Waals surface area contributed by atoms with Gasteiger partial charge in [-0.1, -0.05) is 168 Å². The van der Waals surface area contributed by atoms with Crippen LogP contribution in [0.15, 0.2) is 0 Å². The summed E-state index contributed by atoms with van der Waals surface area (Å²) in [6, 6.07) is 0. The van der Waals surface area contributed by atoms with Crippen LogP contribution in [0.2, 0.25) is 0 Å². The Morgan fingerprint density at radius 2 is 0.775 bits per heavy atom. The third-order valence-corrected chi connectivity index (χ3v) is 8.21. The highest BCUT2D eigenvalue weighted by molar-refractivity contribution is 6.18. The minimum atomic E-state index is -0.549. The van der Waals surface area contributed by atoms with Crippen LogP contribution >= 0.6 is 11.6 Å². The van der Waals surface area contributed by atoms with Crippen LogP contribution in [-0.2, 0) is 19.1 Å². The van der Waals surface area contributed by atoms with Crippen LogP contribution < -0.4 is 0 Å². The first-order valence-electron chi connectivity index (χ1n) is 17.5. The van der Waals surface area contributed by atoms with Gasteiger partial charge < -0.3 is 9.47 Å². The Hall–Kier alpha value is -0.770. The minimum absolute atomic E-state index is 0.0606. The van der Waals surface area contributed by atoms with Gasteiger partial charge in [-0.3, -0.25) is 9.59 Å². The van der Waals surface area contributed by atoms with Crippen LogP contribution in [0.25, 0.3) is 0 Å². The second-order valence-corrected chi connectivity index (χ2v) is 12.2. The largest absolute Gasteiger partial charge is 0.462 e. The molecule has 0 saturated carbocycles. The van der Waals surface area contributed by atoms with E-state index in [1.807, 2.05) is 0 Å². The van der Waals surface area contributed by atoms with E-state index >= 15 is 0 Å². The normalized spacial score (nSPS) is 12.0. The molecule has 0 bridgehead atoms. The molecule has 0 heterocycles. The Morgan fingerprint density at radius 1 is 0.475 bits per heavy atom. The van der Waals surface area contributed by atoms with Crippen molar-refractivity contribution in [1.82, 2.24) is 0 Å². The van der Waals surface area contributed by atoms with E-state index in [4.69, 9.17) is 21.1 Å². The number of halogens is 1. The zero-order valence-corrected chi connectivity index (χ0v) is 27.6. The molecule has 0 aliphatic heterocycles. The highest BCUT2D eigenvalue weighted by atomic mass is 35.5. The second kappa shape index (κ2) is 32.7.